The molecule has 3 heterocycles. The number of aromatic hydroxyl groups is 1. The molecule has 7 aromatic rings. The van der Waals surface area contributed by atoms with Gasteiger partial charge in [0.1, 0.15) is 11.4 Å². The van der Waals surface area contributed by atoms with Crippen LogP contribution in [0.4, 0.5) is 0 Å². The quantitative estimate of drug-likeness (QED) is 0.163. The predicted molar refractivity (Wildman–Crippen MR) is 194 cm³/mol. The first-order valence-electron chi connectivity index (χ1n) is 16.3. The molecule has 0 aliphatic carbocycles. The van der Waals surface area contributed by atoms with Gasteiger partial charge in [-0.1, -0.05) is 118 Å². The molecule has 0 radical (unpaired) electrons. The molecule has 4 nitrogen and oxygen atoms in total. The molecule has 4 aromatic carbocycles. The Morgan fingerprint density at radius 2 is 1.27 bits per heavy atom. The Morgan fingerprint density at radius 1 is 0.625 bits per heavy atom. The minimum absolute atomic E-state index is 0. The smallest absolute Gasteiger partial charge is 0.132 e. The molecule has 0 fully saturated rings. The Hall–Kier alpha value is -4.79. The summed E-state index contributed by atoms with van der Waals surface area (Å²) >= 11 is 0. The van der Waals surface area contributed by atoms with Crippen LogP contribution in [0.25, 0.3) is 61.8 Å². The van der Waals surface area contributed by atoms with Gasteiger partial charge >= 0.3 is 0 Å². The van der Waals surface area contributed by atoms with Gasteiger partial charge in [0.2, 0.25) is 0 Å². The fraction of sp³-hybridized carbons (Fsp3) is 0.163. The molecule has 0 aliphatic rings. The number of imidazole rings is 1. The van der Waals surface area contributed by atoms with Crippen molar-refractivity contribution < 1.29 is 26.2 Å². The second-order valence-electron chi connectivity index (χ2n) is 12.8. The van der Waals surface area contributed by atoms with Gasteiger partial charge in [0.25, 0.3) is 0 Å². The molecule has 5 heteroatoms. The number of para-hydroxylation sites is 1. The van der Waals surface area contributed by atoms with E-state index in [0.29, 0.717) is 5.92 Å². The predicted octanol–water partition coefficient (Wildman–Crippen LogP) is 11.1. The summed E-state index contributed by atoms with van der Waals surface area (Å²) in [5.41, 5.74) is 13.4. The normalized spacial score (nSPS) is 11.3. The average molecular weight is 808 g/mol. The van der Waals surface area contributed by atoms with E-state index in [-0.39, 0.29) is 32.7 Å². The van der Waals surface area contributed by atoms with Gasteiger partial charge in [0.15, 0.2) is 0 Å². The first kappa shape index (κ1) is 33.1. The molecule has 0 spiro atoms. The third-order valence-corrected chi connectivity index (χ3v) is 8.92. The van der Waals surface area contributed by atoms with Gasteiger partial charge in [-0.2, -0.15) is 0 Å². The largest absolute Gasteiger partial charge is 0.507 e. The average Bonchev–Trinajstić information content (AvgIpc) is 3.48. The van der Waals surface area contributed by atoms with Crippen LogP contribution >= 0.6 is 0 Å². The van der Waals surface area contributed by atoms with Crippen molar-refractivity contribution in [1.29, 1.82) is 0 Å². The first-order valence-corrected chi connectivity index (χ1v) is 16.3. The molecular formula is C43H38N3OPt-. The molecule has 48 heavy (non-hydrogen) atoms. The Bertz CT molecular complexity index is 2230. The number of benzene rings is 4. The number of rotatable bonds is 7. The van der Waals surface area contributed by atoms with Crippen LogP contribution in [-0.2, 0) is 21.1 Å². The van der Waals surface area contributed by atoms with Crippen molar-refractivity contribution in [2.75, 3.05) is 0 Å². The van der Waals surface area contributed by atoms with Gasteiger partial charge in [-0.05, 0) is 70.3 Å². The van der Waals surface area contributed by atoms with Crippen molar-refractivity contribution in [3.8, 4) is 61.9 Å². The standard InChI is InChI=1S/C43H38N3O.Pt/c1-27(2)34-20-12-21-37(42(34)47)39-26-33(36-19-10-9-14-29(36)5)25-38(44-39)31-17-11-18-32(24-31)40-41(30-15-7-6-8-16-30)46-23-13-22-35(28(3)4)43(46)45-40;/h6-23,25-28,47H,1-5H3;/q-1;. The molecule has 7 rings (SSSR count). The van der Waals surface area contributed by atoms with Gasteiger partial charge < -0.3 is 9.51 Å². The summed E-state index contributed by atoms with van der Waals surface area (Å²) in [5, 5.41) is 11.4. The minimum Gasteiger partial charge on any atom is -0.507 e. The van der Waals surface area contributed by atoms with Gasteiger partial charge in [-0.25, -0.2) is 0 Å². The molecule has 0 saturated heterocycles. The zero-order valence-corrected chi connectivity index (χ0v) is 30.1. The Kier molecular flexibility index (Phi) is 9.49. The van der Waals surface area contributed by atoms with E-state index >= 15 is 0 Å². The van der Waals surface area contributed by atoms with Crippen LogP contribution in [0.15, 0.2) is 121 Å². The summed E-state index contributed by atoms with van der Waals surface area (Å²) in [6.45, 7) is 10.7. The van der Waals surface area contributed by atoms with E-state index in [1.165, 1.54) is 11.1 Å². The number of aromatic nitrogens is 3. The van der Waals surface area contributed by atoms with Crippen molar-refractivity contribution in [2.24, 2.45) is 0 Å². The van der Waals surface area contributed by atoms with Crippen LogP contribution < -0.4 is 0 Å². The zero-order chi connectivity index (χ0) is 32.7. The van der Waals surface area contributed by atoms with E-state index in [1.54, 1.807) is 0 Å². The number of fused-ring (bicyclic) bond motifs is 1. The van der Waals surface area contributed by atoms with E-state index in [9.17, 15) is 5.11 Å². The minimum atomic E-state index is 0. The number of hydrogen-bond acceptors (Lipinski definition) is 3. The Morgan fingerprint density at radius 3 is 2.02 bits per heavy atom. The summed E-state index contributed by atoms with van der Waals surface area (Å²) < 4.78 is 2.21. The van der Waals surface area contributed by atoms with Gasteiger partial charge in [0.05, 0.1) is 5.69 Å². The van der Waals surface area contributed by atoms with Crippen molar-refractivity contribution in [3.63, 3.8) is 0 Å². The van der Waals surface area contributed by atoms with E-state index in [1.807, 2.05) is 24.3 Å². The first-order chi connectivity index (χ1) is 22.8. The van der Waals surface area contributed by atoms with E-state index in [0.717, 1.165) is 67.4 Å². The van der Waals surface area contributed by atoms with Gasteiger partial charge in [-0.3, -0.25) is 9.97 Å². The van der Waals surface area contributed by atoms with Crippen molar-refractivity contribution in [2.45, 2.75) is 46.5 Å². The number of hydrogen-bond donors (Lipinski definition) is 1. The maximum absolute atomic E-state index is 11.4. The van der Waals surface area contributed by atoms with E-state index in [4.69, 9.17) is 9.97 Å². The van der Waals surface area contributed by atoms with Crippen LogP contribution in [0.1, 0.15) is 56.2 Å². The second-order valence-corrected chi connectivity index (χ2v) is 12.8. The maximum Gasteiger partial charge on any atom is 0.132 e. The molecular weight excluding hydrogens is 770 g/mol. The Balaban J connectivity index is 0.00000401. The molecule has 0 saturated carbocycles. The molecule has 0 amide bonds. The third-order valence-electron chi connectivity index (χ3n) is 8.92. The summed E-state index contributed by atoms with van der Waals surface area (Å²) in [7, 11) is 0. The van der Waals surface area contributed by atoms with Crippen LogP contribution in [0.3, 0.4) is 0 Å². The summed E-state index contributed by atoms with van der Waals surface area (Å²) in [4.78, 5) is 10.4. The van der Waals surface area contributed by atoms with E-state index < -0.39 is 0 Å². The molecule has 3 aromatic heterocycles. The van der Waals surface area contributed by atoms with Crippen LogP contribution in [0, 0.1) is 13.0 Å². The van der Waals surface area contributed by atoms with Gasteiger partial charge in [-0.15, -0.1) is 24.3 Å². The SMILES string of the molecule is Cc1ccccc1-c1cc(-c2[c-]c(-c3nc4c(C(C)C)cccn4c3-c3ccccc3)ccc2)nc(-c2cccc(C(C)C)c2O)c1.[Pt]. The number of phenolic OH excluding ortho intramolecular Hbond substituents is 1. The van der Waals surface area contributed by atoms with Crippen molar-refractivity contribution >= 4 is 5.65 Å². The summed E-state index contributed by atoms with van der Waals surface area (Å²) in [6.07, 6.45) is 2.10. The topological polar surface area (TPSA) is 50.4 Å². The fourth-order valence-corrected chi connectivity index (χ4v) is 6.45. The number of phenols is 1. The number of pyridine rings is 2. The monoisotopic (exact) mass is 807 g/mol. The maximum atomic E-state index is 11.4. The van der Waals surface area contributed by atoms with Crippen LogP contribution in [-0.4, -0.2) is 19.5 Å². The molecule has 0 unspecified atom stereocenters. The van der Waals surface area contributed by atoms with E-state index in [2.05, 4.69) is 142 Å². The molecule has 0 aliphatic heterocycles. The molecule has 0 bridgehead atoms. The molecule has 0 atom stereocenters. The van der Waals surface area contributed by atoms with Crippen LogP contribution in [0.5, 0.6) is 5.75 Å². The van der Waals surface area contributed by atoms with Crippen LogP contribution in [0.2, 0.25) is 0 Å². The molecule has 242 valence electrons. The third kappa shape index (κ3) is 6.13. The fourth-order valence-electron chi connectivity index (χ4n) is 6.45. The molecule has 1 N–H and O–H groups in total. The number of aryl methyl sites for hydroxylation is 1. The second kappa shape index (κ2) is 13.7. The summed E-state index contributed by atoms with van der Waals surface area (Å²) in [6, 6.07) is 43.1. The van der Waals surface area contributed by atoms with Crippen molar-refractivity contribution in [1.82, 2.24) is 14.4 Å². The zero-order valence-electron chi connectivity index (χ0n) is 27.8. The van der Waals surface area contributed by atoms with Gasteiger partial charge in [0, 0.05) is 49.9 Å². The Labute approximate surface area is 297 Å². The summed E-state index contributed by atoms with van der Waals surface area (Å²) in [5.74, 6) is 0.781. The number of nitrogens with zero attached hydrogens (tertiary/aromatic N) is 3. The van der Waals surface area contributed by atoms with Crippen molar-refractivity contribution in [3.05, 3.63) is 144 Å².